The van der Waals surface area contributed by atoms with Gasteiger partial charge >= 0.3 is 0 Å². The van der Waals surface area contributed by atoms with Gasteiger partial charge in [-0.3, -0.25) is 0 Å². The average molecular weight is 277 g/mol. The Morgan fingerprint density at radius 2 is 2.15 bits per heavy atom. The second-order valence-corrected chi connectivity index (χ2v) is 5.93. The first-order valence-corrected chi connectivity index (χ1v) is 7.53. The average Bonchev–Trinajstić information content (AvgIpc) is 2.92. The number of ether oxygens (including phenoxy) is 2. The summed E-state index contributed by atoms with van der Waals surface area (Å²) in [7, 11) is 0. The summed E-state index contributed by atoms with van der Waals surface area (Å²) < 4.78 is 10.7. The number of hydrogen-bond acceptors (Lipinski definition) is 4. The molecule has 110 valence electrons. The van der Waals surface area contributed by atoms with Crippen molar-refractivity contribution in [1.29, 1.82) is 0 Å². The number of hydrogen-bond donors (Lipinski definition) is 2. The van der Waals surface area contributed by atoms with E-state index in [9.17, 15) is 5.11 Å². The predicted octanol–water partition coefficient (Wildman–Crippen LogP) is 2.62. The Kier molecular flexibility index (Phi) is 4.13. The molecule has 1 aliphatic carbocycles. The van der Waals surface area contributed by atoms with Crippen molar-refractivity contribution in [3.63, 3.8) is 0 Å². The molecular formula is C16H23NO3. The standard InChI is InChI=1S/C16H23NO3/c1-11(17-9-12-3-2-4-14(18)7-12)13-5-6-15-16(8-13)20-10-19-15/h5-6,8,11-12,14,17-18H,2-4,7,9-10H2,1H3. The smallest absolute Gasteiger partial charge is 0.231 e. The summed E-state index contributed by atoms with van der Waals surface area (Å²) in [5, 5.41) is 13.3. The molecule has 0 saturated heterocycles. The van der Waals surface area contributed by atoms with Crippen LogP contribution in [0.25, 0.3) is 0 Å². The quantitative estimate of drug-likeness (QED) is 0.888. The molecule has 4 nitrogen and oxygen atoms in total. The molecule has 1 heterocycles. The van der Waals surface area contributed by atoms with E-state index in [0.29, 0.717) is 12.7 Å². The minimum atomic E-state index is -0.101. The minimum absolute atomic E-state index is 0.101. The van der Waals surface area contributed by atoms with Gasteiger partial charge in [-0.15, -0.1) is 0 Å². The molecule has 1 fully saturated rings. The van der Waals surface area contributed by atoms with Gasteiger partial charge in [-0.1, -0.05) is 12.5 Å². The molecule has 3 atom stereocenters. The summed E-state index contributed by atoms with van der Waals surface area (Å²) in [6.07, 6.45) is 4.16. The van der Waals surface area contributed by atoms with Crippen LogP contribution in [0.5, 0.6) is 11.5 Å². The van der Waals surface area contributed by atoms with E-state index in [1.54, 1.807) is 0 Å². The monoisotopic (exact) mass is 277 g/mol. The van der Waals surface area contributed by atoms with E-state index in [0.717, 1.165) is 37.3 Å². The Labute approximate surface area is 120 Å². The molecular weight excluding hydrogens is 254 g/mol. The molecule has 1 aromatic rings. The predicted molar refractivity (Wildman–Crippen MR) is 76.9 cm³/mol. The van der Waals surface area contributed by atoms with Gasteiger partial charge in [0.2, 0.25) is 6.79 Å². The van der Waals surface area contributed by atoms with E-state index < -0.39 is 0 Å². The van der Waals surface area contributed by atoms with E-state index in [1.807, 2.05) is 6.07 Å². The lowest BCUT2D eigenvalue weighted by Crippen LogP contribution is -2.30. The molecule has 0 bridgehead atoms. The molecule has 3 rings (SSSR count). The zero-order valence-electron chi connectivity index (χ0n) is 12.0. The third kappa shape index (κ3) is 3.07. The van der Waals surface area contributed by atoms with Crippen molar-refractivity contribution in [2.24, 2.45) is 5.92 Å². The maximum absolute atomic E-state index is 9.71. The van der Waals surface area contributed by atoms with Crippen LogP contribution in [0.3, 0.4) is 0 Å². The Bertz CT molecular complexity index is 463. The van der Waals surface area contributed by atoms with Crippen molar-refractivity contribution in [2.75, 3.05) is 13.3 Å². The SMILES string of the molecule is CC(NCC1CCCC(O)C1)c1ccc2c(c1)OCO2. The van der Waals surface area contributed by atoms with Crippen molar-refractivity contribution in [1.82, 2.24) is 5.32 Å². The highest BCUT2D eigenvalue weighted by Crippen LogP contribution is 2.34. The molecule has 0 spiro atoms. The molecule has 0 aromatic heterocycles. The van der Waals surface area contributed by atoms with Crippen molar-refractivity contribution in [2.45, 2.75) is 44.8 Å². The van der Waals surface area contributed by atoms with E-state index in [-0.39, 0.29) is 12.1 Å². The molecule has 1 aliphatic heterocycles. The Hall–Kier alpha value is -1.26. The summed E-state index contributed by atoms with van der Waals surface area (Å²) in [6.45, 7) is 3.45. The zero-order chi connectivity index (χ0) is 13.9. The maximum Gasteiger partial charge on any atom is 0.231 e. The number of aliphatic hydroxyl groups excluding tert-OH is 1. The normalized spacial score (nSPS) is 26.5. The Balaban J connectivity index is 1.55. The molecule has 2 N–H and O–H groups in total. The molecule has 20 heavy (non-hydrogen) atoms. The summed E-state index contributed by atoms with van der Waals surface area (Å²) in [5.74, 6) is 2.26. The summed E-state index contributed by atoms with van der Waals surface area (Å²) in [4.78, 5) is 0. The molecule has 2 aliphatic rings. The van der Waals surface area contributed by atoms with E-state index >= 15 is 0 Å². The van der Waals surface area contributed by atoms with Crippen molar-refractivity contribution in [3.8, 4) is 11.5 Å². The first kappa shape index (κ1) is 13.7. The van der Waals surface area contributed by atoms with Gasteiger partial charge in [0.15, 0.2) is 11.5 Å². The minimum Gasteiger partial charge on any atom is -0.454 e. The van der Waals surface area contributed by atoms with Gasteiger partial charge in [-0.25, -0.2) is 0 Å². The Morgan fingerprint density at radius 3 is 3.00 bits per heavy atom. The van der Waals surface area contributed by atoms with E-state index in [4.69, 9.17) is 9.47 Å². The lowest BCUT2D eigenvalue weighted by Gasteiger charge is -2.27. The molecule has 1 aromatic carbocycles. The number of rotatable bonds is 4. The van der Waals surface area contributed by atoms with Gasteiger partial charge in [0.1, 0.15) is 0 Å². The third-order valence-corrected chi connectivity index (χ3v) is 4.36. The number of benzene rings is 1. The van der Waals surface area contributed by atoms with Crippen molar-refractivity contribution < 1.29 is 14.6 Å². The van der Waals surface area contributed by atoms with Crippen LogP contribution < -0.4 is 14.8 Å². The van der Waals surface area contributed by atoms with Gasteiger partial charge in [-0.2, -0.15) is 0 Å². The van der Waals surface area contributed by atoms with Crippen LogP contribution in [-0.4, -0.2) is 24.5 Å². The van der Waals surface area contributed by atoms with Crippen molar-refractivity contribution >= 4 is 0 Å². The summed E-state index contributed by atoms with van der Waals surface area (Å²) in [6, 6.07) is 6.39. The number of fused-ring (bicyclic) bond motifs is 1. The number of aliphatic hydroxyl groups is 1. The molecule has 0 amide bonds. The fourth-order valence-electron chi connectivity index (χ4n) is 3.09. The van der Waals surface area contributed by atoms with Crippen LogP contribution in [0, 0.1) is 5.92 Å². The van der Waals surface area contributed by atoms with Crippen LogP contribution in [0.15, 0.2) is 18.2 Å². The Morgan fingerprint density at radius 1 is 1.30 bits per heavy atom. The summed E-state index contributed by atoms with van der Waals surface area (Å²) >= 11 is 0. The van der Waals surface area contributed by atoms with Crippen LogP contribution in [0.4, 0.5) is 0 Å². The zero-order valence-corrected chi connectivity index (χ0v) is 12.0. The van der Waals surface area contributed by atoms with Gasteiger partial charge in [0.25, 0.3) is 0 Å². The largest absolute Gasteiger partial charge is 0.454 e. The second-order valence-electron chi connectivity index (χ2n) is 5.93. The fourth-order valence-corrected chi connectivity index (χ4v) is 3.09. The summed E-state index contributed by atoms with van der Waals surface area (Å²) in [5.41, 5.74) is 1.21. The lowest BCUT2D eigenvalue weighted by molar-refractivity contribution is 0.0998. The topological polar surface area (TPSA) is 50.7 Å². The van der Waals surface area contributed by atoms with Gasteiger partial charge in [0.05, 0.1) is 6.10 Å². The highest BCUT2D eigenvalue weighted by atomic mass is 16.7. The van der Waals surface area contributed by atoms with Crippen molar-refractivity contribution in [3.05, 3.63) is 23.8 Å². The van der Waals surface area contributed by atoms with Gasteiger partial charge in [-0.05, 0) is 56.3 Å². The van der Waals surface area contributed by atoms with Gasteiger partial charge in [0, 0.05) is 6.04 Å². The maximum atomic E-state index is 9.71. The first-order chi connectivity index (χ1) is 9.72. The van der Waals surface area contributed by atoms with Crippen LogP contribution >= 0.6 is 0 Å². The molecule has 3 unspecified atom stereocenters. The van der Waals surface area contributed by atoms with E-state index in [2.05, 4.69) is 24.4 Å². The number of nitrogens with one attached hydrogen (secondary N) is 1. The lowest BCUT2D eigenvalue weighted by atomic mass is 9.87. The molecule has 0 radical (unpaired) electrons. The van der Waals surface area contributed by atoms with Gasteiger partial charge < -0.3 is 19.9 Å². The van der Waals surface area contributed by atoms with E-state index in [1.165, 1.54) is 12.0 Å². The highest BCUT2D eigenvalue weighted by Gasteiger charge is 2.21. The second kappa shape index (κ2) is 6.02. The first-order valence-electron chi connectivity index (χ1n) is 7.53. The third-order valence-electron chi connectivity index (χ3n) is 4.36. The van der Waals surface area contributed by atoms with Crippen LogP contribution in [0.2, 0.25) is 0 Å². The highest BCUT2D eigenvalue weighted by molar-refractivity contribution is 5.45. The molecule has 4 heteroatoms. The van der Waals surface area contributed by atoms with Crippen LogP contribution in [0.1, 0.15) is 44.2 Å². The molecule has 1 saturated carbocycles. The van der Waals surface area contributed by atoms with Crippen LogP contribution in [-0.2, 0) is 0 Å². The fraction of sp³-hybridized carbons (Fsp3) is 0.625.